The third-order valence-corrected chi connectivity index (χ3v) is 7.71. The summed E-state index contributed by atoms with van der Waals surface area (Å²) in [7, 11) is 2.29. The fraction of sp³-hybridized carbons (Fsp3) is 0.435. The zero-order valence-corrected chi connectivity index (χ0v) is 20.9. The monoisotopic (exact) mass is 465 g/mol. The molecule has 0 fully saturated rings. The molecular formula is C23H32ClN3O3S. The van der Waals surface area contributed by atoms with Crippen molar-refractivity contribution in [3.05, 3.63) is 40.9 Å². The first-order chi connectivity index (χ1) is 14.6. The normalized spacial score (nSPS) is 13.3. The fourth-order valence-electron chi connectivity index (χ4n) is 3.01. The molecule has 1 atom stereocenters. The van der Waals surface area contributed by atoms with Crippen molar-refractivity contribution in [2.24, 2.45) is 15.3 Å². The first-order valence-electron chi connectivity index (χ1n) is 10.1. The molecule has 2 aromatic carbocycles. The fourth-order valence-corrected chi connectivity index (χ4v) is 5.86. The zero-order valence-electron chi connectivity index (χ0n) is 19.3. The Bertz CT molecular complexity index is 1060. The summed E-state index contributed by atoms with van der Waals surface area (Å²) in [6.45, 7) is 8.85. The molecule has 1 unspecified atom stereocenters. The van der Waals surface area contributed by atoms with Gasteiger partial charge in [0.1, 0.15) is 0 Å². The lowest BCUT2D eigenvalue weighted by atomic mass is 10.2. The summed E-state index contributed by atoms with van der Waals surface area (Å²) in [5.41, 5.74) is 2.04. The number of hydrogen-bond donors (Lipinski definition) is 0. The number of methoxy groups -OCH3 is 2. The second-order valence-corrected chi connectivity index (χ2v) is 10.4. The van der Waals surface area contributed by atoms with Crippen LogP contribution in [-0.2, 0) is 9.73 Å². The van der Waals surface area contributed by atoms with Crippen LogP contribution in [0.5, 0.6) is 11.5 Å². The molecule has 0 heterocycles. The van der Waals surface area contributed by atoms with Crippen LogP contribution in [0.4, 0.5) is 11.4 Å². The van der Waals surface area contributed by atoms with Crippen LogP contribution in [-0.4, -0.2) is 49.0 Å². The number of aliphatic imine (C=N–C) groups is 1. The van der Waals surface area contributed by atoms with Crippen molar-refractivity contribution >= 4 is 39.0 Å². The Hall–Kier alpha value is -2.25. The summed E-state index contributed by atoms with van der Waals surface area (Å²) in [4.78, 5) is 7.04. The van der Waals surface area contributed by atoms with Gasteiger partial charge in [-0.2, -0.15) is 4.36 Å². The van der Waals surface area contributed by atoms with E-state index in [2.05, 4.69) is 4.99 Å². The molecule has 6 nitrogen and oxygen atoms in total. The van der Waals surface area contributed by atoms with E-state index in [1.807, 2.05) is 45.7 Å². The number of halogens is 1. The van der Waals surface area contributed by atoms with Crippen LogP contribution in [0.3, 0.4) is 0 Å². The molecule has 0 saturated carbocycles. The summed E-state index contributed by atoms with van der Waals surface area (Å²) < 4.78 is 29.5. The number of ether oxygens (including phenoxy) is 2. The van der Waals surface area contributed by atoms with Crippen LogP contribution in [0.2, 0.25) is 5.02 Å². The highest BCUT2D eigenvalue weighted by molar-refractivity contribution is 7.93. The van der Waals surface area contributed by atoms with E-state index in [1.165, 1.54) is 0 Å². The Morgan fingerprint density at radius 2 is 1.84 bits per heavy atom. The van der Waals surface area contributed by atoms with Gasteiger partial charge in [-0.3, -0.25) is 0 Å². The predicted octanol–water partition coefficient (Wildman–Crippen LogP) is 6.09. The molecule has 0 aliphatic rings. The molecule has 0 amide bonds. The Labute approximate surface area is 191 Å². The topological polar surface area (TPSA) is 63.5 Å². The quantitative estimate of drug-likeness (QED) is 0.332. The second-order valence-electron chi connectivity index (χ2n) is 7.72. The summed E-state index contributed by atoms with van der Waals surface area (Å²) in [5.74, 6) is 1.70. The molecule has 2 aromatic rings. The third kappa shape index (κ3) is 6.37. The smallest absolute Gasteiger partial charge is 0.162 e. The lowest BCUT2D eigenvalue weighted by Crippen LogP contribution is -2.14. The molecule has 0 bridgehead atoms. The summed E-state index contributed by atoms with van der Waals surface area (Å²) in [5, 5.41) is 0.445. The Kier molecular flexibility index (Phi) is 8.77. The van der Waals surface area contributed by atoms with Gasteiger partial charge in [0.15, 0.2) is 11.5 Å². The minimum atomic E-state index is -2.79. The van der Waals surface area contributed by atoms with Gasteiger partial charge >= 0.3 is 0 Å². The standard InChI is InChI=1S/C23H32ClN3O3S/c1-8-27(5)15-25-20-11-17(4)23(13-19(20)24)31(28,14-16(2)3)26-18-9-10-21(29-6)22(12-18)30-7/h9-13,15-16H,8,14H2,1-7H3/b25-15-. The highest BCUT2D eigenvalue weighted by Crippen LogP contribution is 2.36. The van der Waals surface area contributed by atoms with E-state index >= 15 is 0 Å². The van der Waals surface area contributed by atoms with E-state index in [9.17, 15) is 4.21 Å². The van der Waals surface area contributed by atoms with Gasteiger partial charge in [0.2, 0.25) is 0 Å². The summed E-state index contributed by atoms with van der Waals surface area (Å²) in [6, 6.07) is 8.87. The maximum absolute atomic E-state index is 14.2. The van der Waals surface area contributed by atoms with Crippen molar-refractivity contribution < 1.29 is 13.7 Å². The molecule has 0 spiro atoms. The Balaban J connectivity index is 2.63. The average Bonchev–Trinajstić information content (AvgIpc) is 2.72. The van der Waals surface area contributed by atoms with Crippen molar-refractivity contribution in [1.29, 1.82) is 0 Å². The molecule has 170 valence electrons. The van der Waals surface area contributed by atoms with Gasteiger partial charge < -0.3 is 14.4 Å². The Morgan fingerprint density at radius 3 is 2.42 bits per heavy atom. The molecule has 0 aliphatic heterocycles. The van der Waals surface area contributed by atoms with E-state index in [-0.39, 0.29) is 5.92 Å². The minimum Gasteiger partial charge on any atom is -0.493 e. The van der Waals surface area contributed by atoms with Gasteiger partial charge in [-0.05, 0) is 49.6 Å². The van der Waals surface area contributed by atoms with Crippen LogP contribution in [0.25, 0.3) is 0 Å². The van der Waals surface area contributed by atoms with Crippen LogP contribution >= 0.6 is 11.6 Å². The van der Waals surface area contributed by atoms with Gasteiger partial charge in [0, 0.05) is 25.4 Å². The zero-order chi connectivity index (χ0) is 23.2. The van der Waals surface area contributed by atoms with Gasteiger partial charge in [-0.15, -0.1) is 0 Å². The maximum atomic E-state index is 14.2. The number of benzene rings is 2. The molecule has 0 saturated heterocycles. The molecule has 31 heavy (non-hydrogen) atoms. The first-order valence-corrected chi connectivity index (χ1v) is 12.2. The Morgan fingerprint density at radius 1 is 1.16 bits per heavy atom. The number of nitrogens with zero attached hydrogens (tertiary/aromatic N) is 3. The van der Waals surface area contributed by atoms with E-state index < -0.39 is 9.73 Å². The summed E-state index contributed by atoms with van der Waals surface area (Å²) >= 11 is 6.52. The van der Waals surface area contributed by atoms with Crippen molar-refractivity contribution in [2.75, 3.05) is 33.6 Å². The lowest BCUT2D eigenvalue weighted by Gasteiger charge is -2.17. The predicted molar refractivity (Wildman–Crippen MR) is 130 cm³/mol. The van der Waals surface area contributed by atoms with E-state index in [0.717, 1.165) is 12.1 Å². The van der Waals surface area contributed by atoms with Gasteiger partial charge in [-0.1, -0.05) is 25.4 Å². The second kappa shape index (κ2) is 10.9. The molecule has 0 radical (unpaired) electrons. The first kappa shape index (κ1) is 25.0. The van der Waals surface area contributed by atoms with Crippen molar-refractivity contribution in [3.63, 3.8) is 0 Å². The largest absolute Gasteiger partial charge is 0.493 e. The van der Waals surface area contributed by atoms with E-state index in [0.29, 0.717) is 38.5 Å². The average molecular weight is 466 g/mol. The van der Waals surface area contributed by atoms with Gasteiger partial charge in [0.05, 0.1) is 51.6 Å². The van der Waals surface area contributed by atoms with Crippen LogP contribution in [0, 0.1) is 12.8 Å². The molecule has 0 N–H and O–H groups in total. The van der Waals surface area contributed by atoms with Crippen molar-refractivity contribution in [3.8, 4) is 11.5 Å². The van der Waals surface area contributed by atoms with Gasteiger partial charge in [0.25, 0.3) is 0 Å². The molecule has 8 heteroatoms. The third-order valence-electron chi connectivity index (χ3n) is 4.66. The van der Waals surface area contributed by atoms with Gasteiger partial charge in [-0.25, -0.2) is 9.20 Å². The minimum absolute atomic E-state index is 0.172. The van der Waals surface area contributed by atoms with E-state index in [4.69, 9.17) is 25.4 Å². The lowest BCUT2D eigenvalue weighted by molar-refractivity contribution is 0.355. The highest BCUT2D eigenvalue weighted by Gasteiger charge is 2.20. The number of hydrogen-bond acceptors (Lipinski definition) is 5. The van der Waals surface area contributed by atoms with Crippen LogP contribution < -0.4 is 9.47 Å². The SMILES string of the molecule is CCN(C)/C=N\c1cc(C)c(S(=O)(CC(C)C)=Nc2ccc(OC)c(OC)c2)cc1Cl. The number of rotatable bonds is 9. The number of aryl methyl sites for hydroxylation is 1. The van der Waals surface area contributed by atoms with E-state index in [1.54, 1.807) is 44.8 Å². The molecule has 0 aliphatic carbocycles. The maximum Gasteiger partial charge on any atom is 0.162 e. The van der Waals surface area contributed by atoms with Crippen LogP contribution in [0.1, 0.15) is 26.3 Å². The summed E-state index contributed by atoms with van der Waals surface area (Å²) in [6.07, 6.45) is 1.74. The van der Waals surface area contributed by atoms with Crippen LogP contribution in [0.15, 0.2) is 44.6 Å². The van der Waals surface area contributed by atoms with Crippen molar-refractivity contribution in [1.82, 2.24) is 4.90 Å². The highest BCUT2D eigenvalue weighted by atomic mass is 35.5. The molecular weight excluding hydrogens is 434 g/mol. The molecule has 0 aromatic heterocycles. The van der Waals surface area contributed by atoms with Crippen molar-refractivity contribution in [2.45, 2.75) is 32.6 Å². The molecule has 2 rings (SSSR count).